The zero-order valence-corrected chi connectivity index (χ0v) is 4.89. The van der Waals surface area contributed by atoms with Crippen LogP contribution in [0.15, 0.2) is 0 Å². The van der Waals surface area contributed by atoms with Crippen molar-refractivity contribution in [2.24, 2.45) is 0 Å². The lowest BCUT2D eigenvalue weighted by molar-refractivity contribution is 0.101. The summed E-state index contributed by atoms with van der Waals surface area (Å²) in [5, 5.41) is 7.98. The summed E-state index contributed by atoms with van der Waals surface area (Å²) in [5.74, 6) is 0. The smallest absolute Gasteiger partial charge is 0.157 e. The normalized spacial score (nSPS) is 11.1. The average Bonchev–Trinajstić information content (AvgIpc) is 1.69. The van der Waals surface area contributed by atoms with Crippen LogP contribution in [0.1, 0.15) is 0 Å². The summed E-state index contributed by atoms with van der Waals surface area (Å²) in [7, 11) is -0.0802. The topological polar surface area (TPSA) is 38.7 Å². The number of rotatable bonds is 4. The zero-order valence-electron chi connectivity index (χ0n) is 3.89. The maximum absolute atomic E-state index is 7.98. The molecule has 0 amide bonds. The first kappa shape index (κ1) is 7.31. The molecule has 7 heavy (non-hydrogen) atoms. The minimum Gasteiger partial charge on any atom is -0.370 e. The van der Waals surface area contributed by atoms with E-state index in [1.807, 2.05) is 0 Å². The molecule has 0 rings (SSSR count). The van der Waals surface area contributed by atoms with Gasteiger partial charge in [0.15, 0.2) is 9.03 Å². The summed E-state index contributed by atoms with van der Waals surface area (Å²) in [5.41, 5.74) is 0. The van der Waals surface area contributed by atoms with Crippen LogP contribution in [-0.4, -0.2) is 18.5 Å². The number of aliphatic hydroxyl groups excluding tert-OH is 1. The maximum atomic E-state index is 7.98. The quantitative estimate of drug-likeness (QED) is 0.332. The van der Waals surface area contributed by atoms with E-state index in [-0.39, 0.29) is 15.8 Å². The predicted octanol–water partition coefficient (Wildman–Crippen LogP) is 0.312. The average molecular weight is 123 g/mol. The van der Waals surface area contributed by atoms with Gasteiger partial charge in [-0.1, -0.05) is 0 Å². The van der Waals surface area contributed by atoms with Crippen molar-refractivity contribution in [3.63, 3.8) is 0 Å². The first-order chi connectivity index (χ1) is 3.41. The molecule has 0 aliphatic rings. The summed E-state index contributed by atoms with van der Waals surface area (Å²) in [6.45, 7) is 3.49. The highest BCUT2D eigenvalue weighted by Crippen LogP contribution is 2.10. The number of hydrogen-bond acceptors (Lipinski definition) is 3. The zero-order chi connectivity index (χ0) is 5.54. The fourth-order valence-electron chi connectivity index (χ4n) is 0.110. The van der Waals surface area contributed by atoms with Crippen LogP contribution in [0, 0.1) is 6.92 Å². The van der Waals surface area contributed by atoms with Crippen molar-refractivity contribution in [2.45, 2.75) is 0 Å². The highest BCUT2D eigenvalue weighted by atomic mass is 31.1. The Kier molecular flexibility index (Phi) is 6.59. The van der Waals surface area contributed by atoms with E-state index in [0.29, 0.717) is 6.61 Å². The Morgan fingerprint density at radius 1 is 1.57 bits per heavy atom. The summed E-state index contributed by atoms with van der Waals surface area (Å²) >= 11 is 0. The van der Waals surface area contributed by atoms with Gasteiger partial charge in [0.05, 0.1) is 6.61 Å². The molecular formula is C3H8O3P. The van der Waals surface area contributed by atoms with Crippen molar-refractivity contribution in [2.75, 3.05) is 13.4 Å². The monoisotopic (exact) mass is 123 g/mol. The van der Waals surface area contributed by atoms with Crippen molar-refractivity contribution >= 4 is 9.03 Å². The van der Waals surface area contributed by atoms with Crippen LogP contribution in [0.2, 0.25) is 0 Å². The fraction of sp³-hybridized carbons (Fsp3) is 0.667. The van der Waals surface area contributed by atoms with Crippen molar-refractivity contribution in [3.8, 4) is 0 Å². The third-order valence-corrected chi connectivity index (χ3v) is 0.853. The SMILES string of the molecule is [CH2]COPOCO. The van der Waals surface area contributed by atoms with Gasteiger partial charge in [0.1, 0.15) is 6.79 Å². The minimum absolute atomic E-state index is 0.0802. The molecule has 0 aromatic carbocycles. The largest absolute Gasteiger partial charge is 0.370 e. The van der Waals surface area contributed by atoms with Gasteiger partial charge in [-0.05, 0) is 6.92 Å². The highest BCUT2D eigenvalue weighted by Gasteiger charge is 1.78. The Morgan fingerprint density at radius 2 is 2.29 bits per heavy atom. The molecule has 1 N–H and O–H groups in total. The third kappa shape index (κ3) is 6.31. The van der Waals surface area contributed by atoms with Gasteiger partial charge >= 0.3 is 0 Å². The van der Waals surface area contributed by atoms with Crippen LogP contribution >= 0.6 is 9.03 Å². The van der Waals surface area contributed by atoms with E-state index in [0.717, 1.165) is 0 Å². The van der Waals surface area contributed by atoms with Crippen LogP contribution in [0.5, 0.6) is 0 Å². The van der Waals surface area contributed by atoms with Gasteiger partial charge in [-0.2, -0.15) is 0 Å². The molecule has 1 unspecified atom stereocenters. The molecule has 0 aliphatic carbocycles. The van der Waals surface area contributed by atoms with E-state index in [9.17, 15) is 0 Å². The first-order valence-electron chi connectivity index (χ1n) is 1.80. The lowest BCUT2D eigenvalue weighted by atomic mass is 10.9. The molecule has 43 valence electrons. The molecule has 0 aromatic heterocycles. The van der Waals surface area contributed by atoms with Crippen molar-refractivity contribution < 1.29 is 14.2 Å². The van der Waals surface area contributed by atoms with E-state index in [1.54, 1.807) is 0 Å². The van der Waals surface area contributed by atoms with Gasteiger partial charge < -0.3 is 14.2 Å². The van der Waals surface area contributed by atoms with Gasteiger partial charge in [0.2, 0.25) is 0 Å². The Bertz CT molecular complexity index is 29.4. The molecule has 1 radical (unpaired) electrons. The van der Waals surface area contributed by atoms with Gasteiger partial charge in [0, 0.05) is 0 Å². The van der Waals surface area contributed by atoms with Gasteiger partial charge in [0.25, 0.3) is 0 Å². The highest BCUT2D eigenvalue weighted by molar-refractivity contribution is 7.26. The summed E-state index contributed by atoms with van der Waals surface area (Å²) in [4.78, 5) is 0. The standard InChI is InChI=1S/C3H8O3P/c1-2-5-7-6-3-4/h4,7H,1-3H2. The molecule has 0 heterocycles. The second-order valence-electron chi connectivity index (χ2n) is 0.705. The molecule has 0 bridgehead atoms. The Balaban J connectivity index is 2.45. The number of hydrogen-bond donors (Lipinski definition) is 1. The van der Waals surface area contributed by atoms with Gasteiger partial charge in [-0.25, -0.2) is 0 Å². The maximum Gasteiger partial charge on any atom is 0.157 e. The van der Waals surface area contributed by atoms with Crippen LogP contribution in [0.3, 0.4) is 0 Å². The molecule has 4 heteroatoms. The molecule has 0 aromatic rings. The molecule has 0 aliphatic heterocycles. The Morgan fingerprint density at radius 3 is 2.71 bits per heavy atom. The number of aliphatic hydroxyl groups is 1. The van der Waals surface area contributed by atoms with Crippen LogP contribution in [0.4, 0.5) is 0 Å². The van der Waals surface area contributed by atoms with Crippen LogP contribution in [0.25, 0.3) is 0 Å². The summed E-state index contributed by atoms with van der Waals surface area (Å²) in [6, 6.07) is 0. The molecular weight excluding hydrogens is 115 g/mol. The van der Waals surface area contributed by atoms with Crippen molar-refractivity contribution in [1.82, 2.24) is 0 Å². The first-order valence-corrected chi connectivity index (χ1v) is 2.62. The lowest BCUT2D eigenvalue weighted by Gasteiger charge is -1.95. The molecule has 3 nitrogen and oxygen atoms in total. The minimum atomic E-state index is -0.279. The Hall–Kier alpha value is 0.310. The van der Waals surface area contributed by atoms with Crippen LogP contribution in [-0.2, 0) is 9.05 Å². The van der Waals surface area contributed by atoms with Crippen molar-refractivity contribution in [3.05, 3.63) is 6.92 Å². The summed E-state index contributed by atoms with van der Waals surface area (Å²) in [6.07, 6.45) is 0. The molecule has 0 fully saturated rings. The second kappa shape index (κ2) is 6.31. The molecule has 0 saturated heterocycles. The predicted molar refractivity (Wildman–Crippen MR) is 27.8 cm³/mol. The summed E-state index contributed by atoms with van der Waals surface area (Å²) < 4.78 is 9.00. The van der Waals surface area contributed by atoms with E-state index in [1.165, 1.54) is 0 Å². The van der Waals surface area contributed by atoms with E-state index in [2.05, 4.69) is 16.0 Å². The van der Waals surface area contributed by atoms with Gasteiger partial charge in [-0.3, -0.25) is 0 Å². The third-order valence-electron chi connectivity index (χ3n) is 0.284. The van der Waals surface area contributed by atoms with Gasteiger partial charge in [-0.15, -0.1) is 0 Å². The van der Waals surface area contributed by atoms with Crippen molar-refractivity contribution in [1.29, 1.82) is 0 Å². The fourth-order valence-corrected chi connectivity index (χ4v) is 0.329. The second-order valence-corrected chi connectivity index (χ2v) is 1.45. The van der Waals surface area contributed by atoms with Crippen LogP contribution < -0.4 is 0 Å². The molecule has 0 saturated carbocycles. The van der Waals surface area contributed by atoms with E-state index < -0.39 is 0 Å². The molecule has 0 spiro atoms. The van der Waals surface area contributed by atoms with E-state index in [4.69, 9.17) is 5.11 Å². The van der Waals surface area contributed by atoms with E-state index >= 15 is 0 Å². The molecule has 1 atom stereocenters. The lowest BCUT2D eigenvalue weighted by Crippen LogP contribution is -1.81. The Labute approximate surface area is 44.6 Å².